The van der Waals surface area contributed by atoms with E-state index in [1.807, 2.05) is 12.4 Å². The Labute approximate surface area is 121 Å². The fourth-order valence-corrected chi connectivity index (χ4v) is 4.52. The molecule has 0 fully saturated rings. The molecule has 0 saturated carbocycles. The summed E-state index contributed by atoms with van der Waals surface area (Å²) in [7, 11) is -0.355. The van der Waals surface area contributed by atoms with Gasteiger partial charge in [-0.05, 0) is 36.2 Å². The van der Waals surface area contributed by atoms with Crippen LogP contribution >= 0.6 is 7.92 Å². The second-order valence-electron chi connectivity index (χ2n) is 4.61. The molecule has 3 aromatic rings. The predicted molar refractivity (Wildman–Crippen MR) is 87.0 cm³/mol. The minimum atomic E-state index is -0.355. The van der Waals surface area contributed by atoms with Gasteiger partial charge in [0.05, 0.1) is 0 Å². The van der Waals surface area contributed by atoms with Crippen LogP contribution < -0.4 is 10.6 Å². The molecule has 0 saturated heterocycles. The standard InChI is InChI=1S/C18H16NP/c1-3-7-17(8-4-1)20(18-9-5-2-6-10-18)15-16-11-13-19-14-12-16/h1-14H,15H2. The van der Waals surface area contributed by atoms with Crippen LogP contribution in [0, 0.1) is 0 Å². The van der Waals surface area contributed by atoms with Crippen molar-refractivity contribution in [3.63, 3.8) is 0 Å². The maximum atomic E-state index is 4.11. The minimum absolute atomic E-state index is 0.355. The molecule has 0 unspecified atom stereocenters. The number of hydrogen-bond acceptors (Lipinski definition) is 1. The van der Waals surface area contributed by atoms with Crippen molar-refractivity contribution in [3.8, 4) is 0 Å². The first-order chi connectivity index (χ1) is 9.93. The molecule has 1 aromatic heterocycles. The minimum Gasteiger partial charge on any atom is -0.265 e. The molecule has 2 aromatic carbocycles. The summed E-state index contributed by atoms with van der Waals surface area (Å²) in [6.45, 7) is 0. The fraction of sp³-hybridized carbons (Fsp3) is 0.0556. The van der Waals surface area contributed by atoms with Crippen molar-refractivity contribution >= 4 is 18.5 Å². The second-order valence-corrected chi connectivity index (χ2v) is 6.82. The first-order valence-corrected chi connectivity index (χ1v) is 8.23. The van der Waals surface area contributed by atoms with Crippen LogP contribution in [0.1, 0.15) is 5.56 Å². The zero-order valence-corrected chi connectivity index (χ0v) is 12.1. The van der Waals surface area contributed by atoms with Crippen molar-refractivity contribution in [1.82, 2.24) is 4.98 Å². The Hall–Kier alpha value is -1.98. The SMILES string of the molecule is c1ccc(P(Cc2ccncc2)c2ccccc2)cc1. The Balaban J connectivity index is 1.96. The van der Waals surface area contributed by atoms with Crippen molar-refractivity contribution < 1.29 is 0 Å². The van der Waals surface area contributed by atoms with E-state index in [9.17, 15) is 0 Å². The summed E-state index contributed by atoms with van der Waals surface area (Å²) in [5.74, 6) is 0. The quantitative estimate of drug-likeness (QED) is 0.662. The van der Waals surface area contributed by atoms with Gasteiger partial charge in [0.15, 0.2) is 0 Å². The number of aromatic nitrogens is 1. The van der Waals surface area contributed by atoms with E-state index in [0.717, 1.165) is 6.16 Å². The van der Waals surface area contributed by atoms with Crippen LogP contribution in [-0.2, 0) is 6.16 Å². The number of rotatable bonds is 4. The molecule has 0 aliphatic carbocycles. The molecule has 0 radical (unpaired) electrons. The predicted octanol–water partition coefficient (Wildman–Crippen LogP) is 3.71. The lowest BCUT2D eigenvalue weighted by Gasteiger charge is -2.18. The summed E-state index contributed by atoms with van der Waals surface area (Å²) in [6.07, 6.45) is 4.81. The Morgan fingerprint density at radius 2 is 1.15 bits per heavy atom. The topological polar surface area (TPSA) is 12.9 Å². The van der Waals surface area contributed by atoms with E-state index in [1.54, 1.807) is 0 Å². The summed E-state index contributed by atoms with van der Waals surface area (Å²) in [6, 6.07) is 25.8. The summed E-state index contributed by atoms with van der Waals surface area (Å²) in [4.78, 5) is 4.11. The van der Waals surface area contributed by atoms with Crippen LogP contribution in [0.5, 0.6) is 0 Å². The van der Waals surface area contributed by atoms with Gasteiger partial charge in [-0.1, -0.05) is 60.7 Å². The molecule has 1 nitrogen and oxygen atoms in total. The van der Waals surface area contributed by atoms with E-state index in [0.29, 0.717) is 0 Å². The van der Waals surface area contributed by atoms with E-state index < -0.39 is 0 Å². The van der Waals surface area contributed by atoms with E-state index in [1.165, 1.54) is 16.2 Å². The van der Waals surface area contributed by atoms with Crippen molar-refractivity contribution in [1.29, 1.82) is 0 Å². The molecule has 98 valence electrons. The third-order valence-corrected chi connectivity index (χ3v) is 5.75. The van der Waals surface area contributed by atoms with Gasteiger partial charge in [-0.2, -0.15) is 0 Å². The molecule has 0 aliphatic heterocycles. The lowest BCUT2D eigenvalue weighted by atomic mass is 10.3. The molecule has 0 atom stereocenters. The fourth-order valence-electron chi connectivity index (χ4n) is 2.22. The first-order valence-electron chi connectivity index (χ1n) is 6.70. The lowest BCUT2D eigenvalue weighted by Crippen LogP contribution is -2.12. The normalized spacial score (nSPS) is 10.7. The van der Waals surface area contributed by atoms with Gasteiger partial charge in [-0.25, -0.2) is 0 Å². The van der Waals surface area contributed by atoms with E-state index >= 15 is 0 Å². The van der Waals surface area contributed by atoms with Crippen LogP contribution in [0.25, 0.3) is 0 Å². The van der Waals surface area contributed by atoms with E-state index in [-0.39, 0.29) is 7.92 Å². The zero-order valence-electron chi connectivity index (χ0n) is 11.2. The molecule has 1 heterocycles. The van der Waals surface area contributed by atoms with E-state index in [4.69, 9.17) is 0 Å². The number of benzene rings is 2. The lowest BCUT2D eigenvalue weighted by molar-refractivity contribution is 1.27. The van der Waals surface area contributed by atoms with Crippen LogP contribution in [-0.4, -0.2) is 4.98 Å². The number of nitrogens with zero attached hydrogens (tertiary/aromatic N) is 1. The summed E-state index contributed by atoms with van der Waals surface area (Å²) in [5.41, 5.74) is 1.35. The van der Waals surface area contributed by atoms with Gasteiger partial charge in [0.2, 0.25) is 0 Å². The summed E-state index contributed by atoms with van der Waals surface area (Å²) < 4.78 is 0. The van der Waals surface area contributed by atoms with Crippen molar-refractivity contribution in [2.75, 3.05) is 0 Å². The van der Waals surface area contributed by atoms with Crippen LogP contribution in [0.4, 0.5) is 0 Å². The molecular weight excluding hydrogens is 261 g/mol. The highest BCUT2D eigenvalue weighted by Gasteiger charge is 2.13. The molecule has 0 aliphatic rings. The van der Waals surface area contributed by atoms with Crippen molar-refractivity contribution in [2.24, 2.45) is 0 Å². The molecule has 20 heavy (non-hydrogen) atoms. The smallest absolute Gasteiger partial charge is 0.0270 e. The molecule has 0 N–H and O–H groups in total. The summed E-state index contributed by atoms with van der Waals surface area (Å²) >= 11 is 0. The molecular formula is C18H16NP. The Kier molecular flexibility index (Phi) is 4.20. The zero-order chi connectivity index (χ0) is 13.6. The third-order valence-electron chi connectivity index (χ3n) is 3.23. The maximum Gasteiger partial charge on any atom is 0.0270 e. The Morgan fingerprint density at radius 3 is 1.65 bits per heavy atom. The van der Waals surface area contributed by atoms with Crippen LogP contribution in [0.2, 0.25) is 0 Å². The van der Waals surface area contributed by atoms with Crippen LogP contribution in [0.15, 0.2) is 85.2 Å². The highest BCUT2D eigenvalue weighted by Crippen LogP contribution is 2.37. The number of hydrogen-bond donors (Lipinski definition) is 0. The van der Waals surface area contributed by atoms with Gasteiger partial charge >= 0.3 is 0 Å². The second kappa shape index (κ2) is 6.45. The largest absolute Gasteiger partial charge is 0.265 e. The Morgan fingerprint density at radius 1 is 0.650 bits per heavy atom. The average Bonchev–Trinajstić information content (AvgIpc) is 2.55. The van der Waals surface area contributed by atoms with Gasteiger partial charge in [0.1, 0.15) is 0 Å². The number of pyridine rings is 1. The third kappa shape index (κ3) is 3.12. The highest BCUT2D eigenvalue weighted by molar-refractivity contribution is 7.72. The average molecular weight is 277 g/mol. The van der Waals surface area contributed by atoms with Gasteiger partial charge < -0.3 is 0 Å². The first kappa shape index (κ1) is 13.0. The molecule has 0 amide bonds. The van der Waals surface area contributed by atoms with Gasteiger partial charge in [0.25, 0.3) is 0 Å². The summed E-state index contributed by atoms with van der Waals surface area (Å²) in [5, 5.41) is 2.84. The van der Waals surface area contributed by atoms with Gasteiger partial charge in [0, 0.05) is 18.6 Å². The molecule has 3 rings (SSSR count). The molecule has 2 heteroatoms. The van der Waals surface area contributed by atoms with Gasteiger partial charge in [-0.15, -0.1) is 0 Å². The molecule has 0 spiro atoms. The van der Waals surface area contributed by atoms with E-state index in [2.05, 4.69) is 77.8 Å². The van der Waals surface area contributed by atoms with Gasteiger partial charge in [-0.3, -0.25) is 4.98 Å². The molecule has 0 bridgehead atoms. The van der Waals surface area contributed by atoms with Crippen molar-refractivity contribution in [2.45, 2.75) is 6.16 Å². The monoisotopic (exact) mass is 277 g/mol. The van der Waals surface area contributed by atoms with Crippen molar-refractivity contribution in [3.05, 3.63) is 90.8 Å². The maximum absolute atomic E-state index is 4.11. The Bertz CT molecular complexity index is 599. The highest BCUT2D eigenvalue weighted by atomic mass is 31.1. The van der Waals surface area contributed by atoms with Crippen LogP contribution in [0.3, 0.4) is 0 Å².